The Morgan fingerprint density at radius 1 is 1.40 bits per heavy atom. The predicted molar refractivity (Wildman–Crippen MR) is 36.3 cm³/mol. The molecule has 2 rings (SSSR count). The van der Waals surface area contributed by atoms with Crippen molar-refractivity contribution in [2.45, 2.75) is 12.8 Å². The van der Waals surface area contributed by atoms with E-state index in [2.05, 4.69) is 20.4 Å². The summed E-state index contributed by atoms with van der Waals surface area (Å²) in [5.41, 5.74) is 1.09. The number of aromatic nitrogens is 3. The number of aliphatic imine (C=N–C) groups is 1. The van der Waals surface area contributed by atoms with E-state index in [0.29, 0.717) is 0 Å². The minimum atomic E-state index is 0.723. The van der Waals surface area contributed by atoms with Gasteiger partial charge in [0.2, 0.25) is 0 Å². The number of hydrogen-bond donors (Lipinski definition) is 0. The van der Waals surface area contributed by atoms with Gasteiger partial charge in [-0.1, -0.05) is 0 Å². The van der Waals surface area contributed by atoms with Crippen LogP contribution in [0, 0.1) is 0 Å². The summed E-state index contributed by atoms with van der Waals surface area (Å²) < 4.78 is 0. The summed E-state index contributed by atoms with van der Waals surface area (Å²) in [4.78, 5) is 4.05. The Bertz CT molecular complexity index is 268. The van der Waals surface area contributed by atoms with E-state index in [4.69, 9.17) is 0 Å². The highest BCUT2D eigenvalue weighted by molar-refractivity contribution is 5.66. The molecule has 0 bridgehead atoms. The van der Waals surface area contributed by atoms with Crippen molar-refractivity contribution in [2.24, 2.45) is 4.99 Å². The van der Waals surface area contributed by atoms with Gasteiger partial charge in [0, 0.05) is 11.8 Å². The molecule has 1 aliphatic heterocycles. The smallest absolute Gasteiger partial charge is 0.180 e. The van der Waals surface area contributed by atoms with Gasteiger partial charge in [0.05, 0.1) is 6.20 Å². The minimum Gasteiger partial charge on any atom is -0.240 e. The van der Waals surface area contributed by atoms with Crippen LogP contribution in [0.2, 0.25) is 0 Å². The molecular formula is C6H6N4. The quantitative estimate of drug-likeness (QED) is 0.519. The molecule has 4 nitrogen and oxygen atoms in total. The van der Waals surface area contributed by atoms with Gasteiger partial charge in [-0.05, 0) is 18.1 Å². The van der Waals surface area contributed by atoms with E-state index in [1.165, 1.54) is 0 Å². The van der Waals surface area contributed by atoms with Crippen LogP contribution in [-0.2, 0) is 6.42 Å². The van der Waals surface area contributed by atoms with E-state index in [9.17, 15) is 0 Å². The van der Waals surface area contributed by atoms with E-state index in [0.717, 1.165) is 24.2 Å². The summed E-state index contributed by atoms with van der Waals surface area (Å²) >= 11 is 0. The van der Waals surface area contributed by atoms with Crippen LogP contribution in [0.25, 0.3) is 0 Å². The van der Waals surface area contributed by atoms with Crippen LogP contribution >= 0.6 is 0 Å². The normalized spacial score (nSPS) is 14.8. The minimum absolute atomic E-state index is 0.723. The first-order valence-electron chi connectivity index (χ1n) is 3.16. The first-order chi connectivity index (χ1) is 4.97. The Balaban J connectivity index is 2.54. The Hall–Kier alpha value is -1.32. The molecule has 0 aliphatic carbocycles. The van der Waals surface area contributed by atoms with Crippen LogP contribution in [0.5, 0.6) is 0 Å². The highest BCUT2D eigenvalue weighted by atomic mass is 15.3. The lowest BCUT2D eigenvalue weighted by atomic mass is 10.1. The fourth-order valence-electron chi connectivity index (χ4n) is 0.942. The van der Waals surface area contributed by atoms with Gasteiger partial charge in [-0.3, -0.25) is 0 Å². The fraction of sp³-hybridized carbons (Fsp3) is 0.333. The second-order valence-electron chi connectivity index (χ2n) is 2.13. The lowest BCUT2D eigenvalue weighted by Gasteiger charge is -2.03. The molecule has 2 heterocycles. The molecule has 0 fully saturated rings. The number of aryl methyl sites for hydroxylation is 1. The monoisotopic (exact) mass is 134 g/mol. The molecule has 1 aromatic heterocycles. The van der Waals surface area contributed by atoms with Crippen molar-refractivity contribution in [3.63, 3.8) is 0 Å². The van der Waals surface area contributed by atoms with Gasteiger partial charge in [0.1, 0.15) is 0 Å². The zero-order valence-corrected chi connectivity index (χ0v) is 5.36. The molecule has 50 valence electrons. The Labute approximate surface area is 58.0 Å². The highest BCUT2D eigenvalue weighted by Crippen LogP contribution is 2.17. The molecule has 0 spiro atoms. The molecule has 1 aliphatic rings. The van der Waals surface area contributed by atoms with Crippen molar-refractivity contribution >= 4 is 12.0 Å². The van der Waals surface area contributed by atoms with Crippen molar-refractivity contribution in [3.8, 4) is 0 Å². The van der Waals surface area contributed by atoms with E-state index in [-0.39, 0.29) is 0 Å². The Morgan fingerprint density at radius 3 is 3.30 bits per heavy atom. The lowest BCUT2D eigenvalue weighted by molar-refractivity contribution is 0.827. The maximum absolute atomic E-state index is 4.05. The summed E-state index contributed by atoms with van der Waals surface area (Å²) in [5.74, 6) is 0.723. The van der Waals surface area contributed by atoms with Crippen LogP contribution in [0.4, 0.5) is 5.82 Å². The van der Waals surface area contributed by atoms with E-state index < -0.39 is 0 Å². The predicted octanol–water partition coefficient (Wildman–Crippen LogP) is 0.520. The molecule has 10 heavy (non-hydrogen) atoms. The van der Waals surface area contributed by atoms with Gasteiger partial charge in [0.25, 0.3) is 0 Å². The molecule has 0 atom stereocenters. The second kappa shape index (κ2) is 2.13. The third-order valence-corrected chi connectivity index (χ3v) is 1.45. The molecule has 0 aromatic carbocycles. The summed E-state index contributed by atoms with van der Waals surface area (Å²) in [6.45, 7) is 0. The number of nitrogens with zero attached hydrogens (tertiary/aromatic N) is 4. The van der Waals surface area contributed by atoms with Gasteiger partial charge < -0.3 is 0 Å². The van der Waals surface area contributed by atoms with Gasteiger partial charge in [0.15, 0.2) is 5.82 Å². The van der Waals surface area contributed by atoms with E-state index in [1.807, 2.05) is 6.21 Å². The molecule has 4 heteroatoms. The third-order valence-electron chi connectivity index (χ3n) is 1.45. The number of hydrogen-bond acceptors (Lipinski definition) is 4. The molecule has 0 saturated heterocycles. The average molecular weight is 134 g/mol. The summed E-state index contributed by atoms with van der Waals surface area (Å²) in [7, 11) is 0. The van der Waals surface area contributed by atoms with Crippen LogP contribution in [0.3, 0.4) is 0 Å². The van der Waals surface area contributed by atoms with Gasteiger partial charge >= 0.3 is 0 Å². The van der Waals surface area contributed by atoms with E-state index >= 15 is 0 Å². The van der Waals surface area contributed by atoms with Crippen molar-refractivity contribution in [3.05, 3.63) is 11.8 Å². The summed E-state index contributed by atoms with van der Waals surface area (Å²) in [6, 6.07) is 0. The Kier molecular flexibility index (Phi) is 1.16. The van der Waals surface area contributed by atoms with Crippen molar-refractivity contribution in [1.82, 2.24) is 15.4 Å². The first-order valence-corrected chi connectivity index (χ1v) is 3.16. The highest BCUT2D eigenvalue weighted by Gasteiger charge is 2.05. The standard InChI is InChI=1S/C6H6N4/c1-2-5-4-8-10-9-6(5)7-3-1/h3-4H,1-2H2. The van der Waals surface area contributed by atoms with Crippen molar-refractivity contribution in [1.29, 1.82) is 0 Å². The molecule has 0 saturated carbocycles. The molecular weight excluding hydrogens is 128 g/mol. The van der Waals surface area contributed by atoms with Crippen LogP contribution in [0.1, 0.15) is 12.0 Å². The van der Waals surface area contributed by atoms with Gasteiger partial charge in [-0.2, -0.15) is 0 Å². The largest absolute Gasteiger partial charge is 0.240 e. The topological polar surface area (TPSA) is 51.0 Å². The SMILES string of the molecule is C1=Nc2nnncc2CC1. The first kappa shape index (κ1) is 5.46. The molecule has 0 radical (unpaired) electrons. The van der Waals surface area contributed by atoms with E-state index in [1.54, 1.807) is 6.20 Å². The number of rotatable bonds is 0. The maximum Gasteiger partial charge on any atom is 0.180 e. The summed E-state index contributed by atoms with van der Waals surface area (Å²) in [5, 5.41) is 10.9. The van der Waals surface area contributed by atoms with Crippen LogP contribution < -0.4 is 0 Å². The average Bonchev–Trinajstić information content (AvgIpc) is 2.05. The maximum atomic E-state index is 4.05. The molecule has 1 aromatic rings. The molecule has 0 amide bonds. The van der Waals surface area contributed by atoms with Gasteiger partial charge in [-0.15, -0.1) is 10.2 Å². The summed E-state index contributed by atoms with van der Waals surface area (Å²) in [6.07, 6.45) is 5.55. The third kappa shape index (κ3) is 0.775. The second-order valence-corrected chi connectivity index (χ2v) is 2.13. The molecule has 0 unspecified atom stereocenters. The van der Waals surface area contributed by atoms with Crippen LogP contribution in [0.15, 0.2) is 11.2 Å². The van der Waals surface area contributed by atoms with Crippen molar-refractivity contribution in [2.75, 3.05) is 0 Å². The van der Waals surface area contributed by atoms with Crippen LogP contribution in [-0.4, -0.2) is 21.6 Å². The zero-order valence-electron chi connectivity index (χ0n) is 5.36. The fourth-order valence-corrected chi connectivity index (χ4v) is 0.942. The number of fused-ring (bicyclic) bond motifs is 1. The Morgan fingerprint density at radius 2 is 2.40 bits per heavy atom. The lowest BCUT2D eigenvalue weighted by Crippen LogP contribution is -1.98. The molecule has 0 N–H and O–H groups in total. The zero-order chi connectivity index (χ0) is 6.81. The van der Waals surface area contributed by atoms with Crippen molar-refractivity contribution < 1.29 is 0 Å². The van der Waals surface area contributed by atoms with Gasteiger partial charge in [-0.25, -0.2) is 4.99 Å².